The molecule has 0 spiro atoms. The molecule has 0 amide bonds. The number of rotatable bonds is 8. The van der Waals surface area contributed by atoms with Gasteiger partial charge in [-0.25, -0.2) is 0 Å². The predicted molar refractivity (Wildman–Crippen MR) is 133 cm³/mol. The SMILES string of the molecule is C=Cc1ccc(CCc2cc(C)c(CCc3cc(C)c(C=C)c(C)c3)cc2C)cc1. The van der Waals surface area contributed by atoms with Crippen LogP contribution in [0, 0.1) is 27.7 Å². The summed E-state index contributed by atoms with van der Waals surface area (Å²) < 4.78 is 0. The van der Waals surface area contributed by atoms with E-state index in [9.17, 15) is 0 Å². The molecule has 0 fully saturated rings. The first kappa shape index (κ1) is 21.8. The summed E-state index contributed by atoms with van der Waals surface area (Å²) in [6.07, 6.45) is 8.19. The Hall–Kier alpha value is -2.86. The highest BCUT2D eigenvalue weighted by Crippen LogP contribution is 2.22. The molecule has 0 radical (unpaired) electrons. The van der Waals surface area contributed by atoms with Crippen LogP contribution < -0.4 is 0 Å². The highest BCUT2D eigenvalue weighted by molar-refractivity contribution is 5.57. The van der Waals surface area contributed by atoms with Crippen molar-refractivity contribution in [2.24, 2.45) is 0 Å². The maximum atomic E-state index is 3.94. The Bertz CT molecular complexity index is 1030. The molecule has 0 saturated carbocycles. The van der Waals surface area contributed by atoms with Crippen LogP contribution >= 0.6 is 0 Å². The molecule has 0 unspecified atom stereocenters. The van der Waals surface area contributed by atoms with E-state index in [4.69, 9.17) is 0 Å². The van der Waals surface area contributed by atoms with Crippen molar-refractivity contribution in [2.75, 3.05) is 0 Å². The lowest BCUT2D eigenvalue weighted by molar-refractivity contribution is 0.917. The average Bonchev–Trinajstić information content (AvgIpc) is 2.73. The van der Waals surface area contributed by atoms with Gasteiger partial charge >= 0.3 is 0 Å². The summed E-state index contributed by atoms with van der Waals surface area (Å²) in [6, 6.07) is 18.2. The topological polar surface area (TPSA) is 0 Å². The molecule has 3 aromatic rings. The van der Waals surface area contributed by atoms with Crippen LogP contribution in [0.15, 0.2) is 61.7 Å². The zero-order valence-corrected chi connectivity index (χ0v) is 19.0. The van der Waals surface area contributed by atoms with Crippen LogP contribution in [-0.4, -0.2) is 0 Å². The monoisotopic (exact) mass is 394 g/mol. The minimum atomic E-state index is 1.07. The number of hydrogen-bond acceptors (Lipinski definition) is 0. The number of benzene rings is 3. The van der Waals surface area contributed by atoms with E-state index >= 15 is 0 Å². The maximum absolute atomic E-state index is 3.94. The first-order valence-corrected chi connectivity index (χ1v) is 10.9. The second kappa shape index (κ2) is 9.76. The van der Waals surface area contributed by atoms with Crippen LogP contribution in [0.5, 0.6) is 0 Å². The van der Waals surface area contributed by atoms with Crippen molar-refractivity contribution in [2.45, 2.75) is 53.4 Å². The molecule has 3 rings (SSSR count). The van der Waals surface area contributed by atoms with E-state index in [0.717, 1.165) is 25.7 Å². The summed E-state index contributed by atoms with van der Waals surface area (Å²) in [7, 11) is 0. The lowest BCUT2D eigenvalue weighted by Crippen LogP contribution is -2.01. The molecule has 0 aliphatic heterocycles. The lowest BCUT2D eigenvalue weighted by atomic mass is 9.91. The van der Waals surface area contributed by atoms with E-state index < -0.39 is 0 Å². The van der Waals surface area contributed by atoms with Gasteiger partial charge in [-0.3, -0.25) is 0 Å². The first-order valence-electron chi connectivity index (χ1n) is 10.9. The molecule has 0 heterocycles. The summed E-state index contributed by atoms with van der Waals surface area (Å²) in [5, 5.41) is 0. The van der Waals surface area contributed by atoms with Crippen LogP contribution in [0.1, 0.15) is 55.6 Å². The molecule has 0 aliphatic rings. The molecule has 0 aromatic heterocycles. The molecule has 0 saturated heterocycles. The Labute approximate surface area is 183 Å². The molecule has 0 nitrogen and oxygen atoms in total. The minimum Gasteiger partial charge on any atom is -0.0985 e. The molecular weight excluding hydrogens is 360 g/mol. The molecule has 0 atom stereocenters. The van der Waals surface area contributed by atoms with Gasteiger partial charge in [-0.1, -0.05) is 73.8 Å². The van der Waals surface area contributed by atoms with Crippen molar-refractivity contribution in [1.82, 2.24) is 0 Å². The number of aryl methyl sites for hydroxylation is 8. The van der Waals surface area contributed by atoms with E-state index in [1.165, 1.54) is 55.6 Å². The highest BCUT2D eigenvalue weighted by atomic mass is 14.1. The van der Waals surface area contributed by atoms with Crippen molar-refractivity contribution < 1.29 is 0 Å². The lowest BCUT2D eigenvalue weighted by Gasteiger charge is -2.14. The van der Waals surface area contributed by atoms with Gasteiger partial charge in [0, 0.05) is 0 Å². The van der Waals surface area contributed by atoms with Crippen LogP contribution in [0.4, 0.5) is 0 Å². The van der Waals surface area contributed by atoms with E-state index in [-0.39, 0.29) is 0 Å². The van der Waals surface area contributed by atoms with Gasteiger partial charge in [0.15, 0.2) is 0 Å². The third-order valence-electron chi connectivity index (χ3n) is 6.23. The quantitative estimate of drug-likeness (QED) is 0.366. The third-order valence-corrected chi connectivity index (χ3v) is 6.23. The van der Waals surface area contributed by atoms with Crippen molar-refractivity contribution in [1.29, 1.82) is 0 Å². The average molecular weight is 395 g/mol. The fraction of sp³-hybridized carbons (Fsp3) is 0.267. The second-order valence-electron chi connectivity index (χ2n) is 8.50. The summed E-state index contributed by atoms with van der Waals surface area (Å²) >= 11 is 0. The third kappa shape index (κ3) is 5.19. The molecular formula is C30H34. The van der Waals surface area contributed by atoms with Gasteiger partial charge in [0.25, 0.3) is 0 Å². The molecule has 154 valence electrons. The molecule has 30 heavy (non-hydrogen) atoms. The van der Waals surface area contributed by atoms with Gasteiger partial charge in [-0.05, 0) is 109 Å². The van der Waals surface area contributed by atoms with Crippen molar-refractivity contribution in [3.8, 4) is 0 Å². The smallest absolute Gasteiger partial charge is 0.0204 e. The van der Waals surface area contributed by atoms with Crippen LogP contribution in [0.2, 0.25) is 0 Å². The molecule has 0 bridgehead atoms. The van der Waals surface area contributed by atoms with Gasteiger partial charge in [-0.2, -0.15) is 0 Å². The van der Waals surface area contributed by atoms with Crippen molar-refractivity contribution in [3.05, 3.63) is 117 Å². The van der Waals surface area contributed by atoms with Gasteiger partial charge < -0.3 is 0 Å². The van der Waals surface area contributed by atoms with Gasteiger partial charge in [0.05, 0.1) is 0 Å². The maximum Gasteiger partial charge on any atom is -0.0204 e. The van der Waals surface area contributed by atoms with Crippen LogP contribution in [0.3, 0.4) is 0 Å². The minimum absolute atomic E-state index is 1.07. The molecule has 3 aromatic carbocycles. The van der Waals surface area contributed by atoms with Gasteiger partial charge in [0.2, 0.25) is 0 Å². The first-order chi connectivity index (χ1) is 14.4. The van der Waals surface area contributed by atoms with Crippen LogP contribution in [-0.2, 0) is 25.7 Å². The van der Waals surface area contributed by atoms with E-state index in [1.54, 1.807) is 0 Å². The summed E-state index contributed by atoms with van der Waals surface area (Å²) in [6.45, 7) is 16.7. The summed E-state index contributed by atoms with van der Waals surface area (Å²) in [5.74, 6) is 0. The fourth-order valence-electron chi connectivity index (χ4n) is 4.38. The van der Waals surface area contributed by atoms with E-state index in [1.807, 2.05) is 12.2 Å². The van der Waals surface area contributed by atoms with Crippen molar-refractivity contribution in [3.63, 3.8) is 0 Å². The zero-order chi connectivity index (χ0) is 21.7. The Morgan fingerprint density at radius 2 is 1.07 bits per heavy atom. The molecule has 0 heteroatoms. The number of hydrogen-bond donors (Lipinski definition) is 0. The highest BCUT2D eigenvalue weighted by Gasteiger charge is 2.08. The fourth-order valence-corrected chi connectivity index (χ4v) is 4.38. The van der Waals surface area contributed by atoms with E-state index in [2.05, 4.69) is 89.4 Å². The second-order valence-corrected chi connectivity index (χ2v) is 8.50. The Morgan fingerprint density at radius 3 is 1.53 bits per heavy atom. The Morgan fingerprint density at radius 1 is 0.567 bits per heavy atom. The Balaban J connectivity index is 1.68. The molecule has 0 N–H and O–H groups in total. The predicted octanol–water partition coefficient (Wildman–Crippen LogP) is 7.78. The van der Waals surface area contributed by atoms with Crippen molar-refractivity contribution >= 4 is 12.2 Å². The molecule has 0 aliphatic carbocycles. The standard InChI is InChI=1S/C30H34/c1-7-25-9-11-26(12-10-25)13-15-28-19-22(4)29(20-21(28)3)16-14-27-17-23(5)30(8-2)24(6)18-27/h7-12,17-20H,1-2,13-16H2,3-6H3. The zero-order valence-electron chi connectivity index (χ0n) is 19.0. The largest absolute Gasteiger partial charge is 0.0985 e. The normalized spacial score (nSPS) is 10.8. The van der Waals surface area contributed by atoms with Gasteiger partial charge in [-0.15, -0.1) is 0 Å². The van der Waals surface area contributed by atoms with E-state index in [0.29, 0.717) is 0 Å². The summed E-state index contributed by atoms with van der Waals surface area (Å²) in [4.78, 5) is 0. The van der Waals surface area contributed by atoms with Crippen LogP contribution in [0.25, 0.3) is 12.2 Å². The Kier molecular flexibility index (Phi) is 7.11. The van der Waals surface area contributed by atoms with Gasteiger partial charge in [0.1, 0.15) is 0 Å². The summed E-state index contributed by atoms with van der Waals surface area (Å²) in [5.41, 5.74) is 13.7.